The van der Waals surface area contributed by atoms with Crippen molar-refractivity contribution < 1.29 is 48.1 Å². The van der Waals surface area contributed by atoms with Crippen molar-refractivity contribution in [2.45, 2.75) is 97.4 Å². The summed E-state index contributed by atoms with van der Waals surface area (Å²) in [6.07, 6.45) is 8.19. The van der Waals surface area contributed by atoms with Crippen LogP contribution in [0.3, 0.4) is 0 Å². The van der Waals surface area contributed by atoms with Gasteiger partial charge in [0, 0.05) is 72.0 Å². The van der Waals surface area contributed by atoms with E-state index in [1.165, 1.54) is 19.4 Å². The van der Waals surface area contributed by atoms with E-state index in [4.69, 9.17) is 19.3 Å². The number of nitrogens with zero attached hydrogens (tertiary/aromatic N) is 2. The molecule has 2 amide bonds. The first kappa shape index (κ1) is 40.7. The third kappa shape index (κ3) is 13.2. The van der Waals surface area contributed by atoms with Crippen LogP contribution >= 0.6 is 0 Å². The Morgan fingerprint density at radius 1 is 0.837 bits per heavy atom. The quantitative estimate of drug-likeness (QED) is 0.298. The van der Waals surface area contributed by atoms with E-state index in [-0.39, 0.29) is 40.9 Å². The zero-order chi connectivity index (χ0) is 37.0. The number of piperidine rings is 2. The van der Waals surface area contributed by atoms with E-state index < -0.39 is 16.8 Å². The number of ether oxygens (including phenoxy) is 3. The van der Waals surface area contributed by atoms with Crippen LogP contribution in [0.4, 0.5) is 9.59 Å². The maximum atomic E-state index is 12.4. The Labute approximate surface area is 289 Å². The highest BCUT2D eigenvalue weighted by Crippen LogP contribution is 2.39. The summed E-state index contributed by atoms with van der Waals surface area (Å²) < 4.78 is 16.8. The van der Waals surface area contributed by atoms with Gasteiger partial charge in [0.2, 0.25) is 5.78 Å². The molecule has 4 aliphatic rings. The molecule has 0 bridgehead atoms. The summed E-state index contributed by atoms with van der Waals surface area (Å²) in [5.74, 6) is 0.637. The second-order valence-electron chi connectivity index (χ2n) is 13.9. The molecule has 49 heavy (non-hydrogen) atoms. The van der Waals surface area contributed by atoms with E-state index >= 15 is 0 Å². The Morgan fingerprint density at radius 2 is 1.35 bits per heavy atom. The van der Waals surface area contributed by atoms with Crippen molar-refractivity contribution >= 4 is 35.3 Å². The minimum Gasteiger partial charge on any atom is -0.486 e. The standard InChI is InChI=1S/C18H23NO4.C10H17NO3.C8H7O2.CH4O/c1-17(2,3)23-16(21)19-10-8-18(9-11-19)12-14(20)13-6-4-5-7-15(13)22-18;1-10(2,3)14-9(13)11-6-4-8(12)5-7-11;1-6(9)7-4-2-3-5-8(7)10;1-2/h4-7H,8-12H2,1-3H3;4-7H2,1-3H3;2-5H,1H3;2H,1H3/q;;+1;. The topological polar surface area (TPSA) is 157 Å². The number of ketones is 4. The first-order valence-corrected chi connectivity index (χ1v) is 16.4. The molecule has 2 fully saturated rings. The lowest BCUT2D eigenvalue weighted by Gasteiger charge is -2.43. The van der Waals surface area contributed by atoms with Crippen LogP contribution in [0.5, 0.6) is 5.75 Å². The van der Waals surface area contributed by atoms with Gasteiger partial charge in [-0.2, -0.15) is 0 Å². The number of hydrogen-bond acceptors (Lipinski definition) is 10. The SMILES string of the molecule is CC(=O)C1=CC=C[CH+]C1=O.CC(C)(C)OC(=O)N1CCC(=O)CC1.CC(C)(C)OC(=O)N1CCC2(CC1)CC(=O)c1ccccc1O2.CO. The number of fused-ring (bicyclic) bond motifs is 1. The van der Waals surface area contributed by atoms with Gasteiger partial charge in [-0.25, -0.2) is 9.59 Å². The molecule has 5 rings (SSSR count). The van der Waals surface area contributed by atoms with Crippen molar-refractivity contribution in [3.63, 3.8) is 0 Å². The highest BCUT2D eigenvalue weighted by molar-refractivity contribution is 6.23. The molecule has 3 aliphatic heterocycles. The van der Waals surface area contributed by atoms with Crippen LogP contribution in [0.25, 0.3) is 0 Å². The second kappa shape index (κ2) is 17.8. The minimum absolute atomic E-state index is 0.123. The number of rotatable bonds is 1. The van der Waals surface area contributed by atoms with Gasteiger partial charge >= 0.3 is 12.2 Å². The first-order valence-electron chi connectivity index (χ1n) is 16.4. The Kier molecular flexibility index (Phi) is 14.8. The average Bonchev–Trinajstić information content (AvgIpc) is 3.02. The summed E-state index contributed by atoms with van der Waals surface area (Å²) >= 11 is 0. The Morgan fingerprint density at radius 3 is 1.82 bits per heavy atom. The van der Waals surface area contributed by atoms with Gasteiger partial charge in [0.15, 0.2) is 11.4 Å². The number of aliphatic hydroxyl groups is 1. The van der Waals surface area contributed by atoms with Crippen molar-refractivity contribution in [1.82, 2.24) is 9.80 Å². The number of allylic oxidation sites excluding steroid dienone is 4. The number of hydrogen-bond donors (Lipinski definition) is 1. The van der Waals surface area contributed by atoms with Crippen LogP contribution in [0, 0.1) is 6.42 Å². The van der Waals surface area contributed by atoms with Crippen molar-refractivity contribution in [3.05, 3.63) is 60.1 Å². The largest absolute Gasteiger partial charge is 0.486 e. The lowest BCUT2D eigenvalue weighted by Crippen LogP contribution is -2.52. The summed E-state index contributed by atoms with van der Waals surface area (Å²) in [5.41, 5.74) is -0.513. The summed E-state index contributed by atoms with van der Waals surface area (Å²) in [4.78, 5) is 71.8. The zero-order valence-electron chi connectivity index (χ0n) is 30.0. The molecule has 1 aromatic carbocycles. The Balaban J connectivity index is 0.000000273. The second-order valence-corrected chi connectivity index (χ2v) is 13.9. The van der Waals surface area contributed by atoms with Crippen LogP contribution in [0.15, 0.2) is 48.1 Å². The minimum atomic E-state index is -0.498. The molecule has 1 aliphatic carbocycles. The highest BCUT2D eigenvalue weighted by atomic mass is 16.6. The van der Waals surface area contributed by atoms with Crippen molar-refractivity contribution in [2.24, 2.45) is 0 Å². The van der Waals surface area contributed by atoms with Crippen molar-refractivity contribution in [2.75, 3.05) is 33.3 Å². The lowest BCUT2D eigenvalue weighted by atomic mass is 9.82. The monoisotopic (exact) mass is 683 g/mol. The molecule has 0 radical (unpaired) electrons. The smallest absolute Gasteiger partial charge is 0.410 e. The number of benzene rings is 1. The number of carbonyl (C=O) groups is 6. The Bertz CT molecular complexity index is 1410. The maximum absolute atomic E-state index is 12.4. The molecule has 12 nitrogen and oxygen atoms in total. The number of para-hydroxylation sites is 1. The fourth-order valence-electron chi connectivity index (χ4n) is 5.17. The van der Waals surface area contributed by atoms with Gasteiger partial charge in [0.25, 0.3) is 5.78 Å². The summed E-state index contributed by atoms with van der Waals surface area (Å²) in [6.45, 7) is 14.5. The molecule has 0 aromatic heterocycles. The molecule has 2 saturated heterocycles. The predicted molar refractivity (Wildman–Crippen MR) is 183 cm³/mol. The van der Waals surface area contributed by atoms with E-state index in [1.54, 1.807) is 28.0 Å². The molecule has 12 heteroatoms. The first-order chi connectivity index (χ1) is 22.9. The molecule has 3 heterocycles. The van der Waals surface area contributed by atoms with Gasteiger partial charge < -0.3 is 29.1 Å². The van der Waals surface area contributed by atoms with E-state index in [0.29, 0.717) is 69.6 Å². The van der Waals surface area contributed by atoms with Crippen LogP contribution < -0.4 is 4.74 Å². The fraction of sp³-hybridized carbons (Fsp3) is 0.541. The molecule has 1 N–H and O–H groups in total. The van der Waals surface area contributed by atoms with Gasteiger partial charge in [-0.1, -0.05) is 12.1 Å². The Hall–Kier alpha value is -4.45. The molecule has 0 atom stereocenters. The van der Waals surface area contributed by atoms with Crippen LogP contribution in [-0.2, 0) is 23.9 Å². The average molecular weight is 684 g/mol. The van der Waals surface area contributed by atoms with Crippen LogP contribution in [-0.4, -0.2) is 100 Å². The molecular formula is C37H51N2O10+. The van der Waals surface area contributed by atoms with Gasteiger partial charge in [0.1, 0.15) is 28.3 Å². The number of aliphatic hydroxyl groups excluding tert-OH is 1. The number of carbonyl (C=O) groups excluding carboxylic acids is 6. The van der Waals surface area contributed by atoms with E-state index in [2.05, 4.69) is 0 Å². The summed E-state index contributed by atoms with van der Waals surface area (Å²) in [6, 6.07) is 7.37. The molecule has 1 spiro atoms. The zero-order valence-corrected chi connectivity index (χ0v) is 30.0. The van der Waals surface area contributed by atoms with Gasteiger partial charge in [-0.3, -0.25) is 19.2 Å². The molecule has 268 valence electrons. The third-order valence-corrected chi connectivity index (χ3v) is 7.56. The normalized spacial score (nSPS) is 18.0. The van der Waals surface area contributed by atoms with Gasteiger partial charge in [0.05, 0.1) is 30.6 Å². The number of amides is 2. The molecule has 0 saturated carbocycles. The molecule has 0 unspecified atom stereocenters. The molecular weight excluding hydrogens is 632 g/mol. The maximum Gasteiger partial charge on any atom is 0.410 e. The predicted octanol–water partition coefficient (Wildman–Crippen LogP) is 5.46. The summed E-state index contributed by atoms with van der Waals surface area (Å²) in [5, 5.41) is 7.00. The van der Waals surface area contributed by atoms with E-state index in [0.717, 1.165) is 7.11 Å². The van der Waals surface area contributed by atoms with Crippen molar-refractivity contribution in [3.8, 4) is 5.75 Å². The van der Waals surface area contributed by atoms with Crippen LogP contribution in [0.1, 0.15) is 90.9 Å². The van der Waals surface area contributed by atoms with Crippen molar-refractivity contribution in [1.29, 1.82) is 0 Å². The van der Waals surface area contributed by atoms with Crippen LogP contribution in [0.2, 0.25) is 0 Å². The van der Waals surface area contributed by atoms with E-state index in [9.17, 15) is 28.8 Å². The van der Waals surface area contributed by atoms with Gasteiger partial charge in [-0.05, 0) is 53.7 Å². The number of likely N-dealkylation sites (tertiary alicyclic amines) is 2. The third-order valence-electron chi connectivity index (χ3n) is 7.56. The van der Waals surface area contributed by atoms with Gasteiger partial charge in [-0.15, -0.1) is 0 Å². The summed E-state index contributed by atoms with van der Waals surface area (Å²) in [7, 11) is 1.00. The molecule has 1 aromatic rings. The lowest BCUT2D eigenvalue weighted by molar-refractivity contribution is -0.121. The number of Topliss-reactive ketones (excluding diaryl/α,β-unsaturated/α-hetero) is 4. The fourth-order valence-corrected chi connectivity index (χ4v) is 5.17. The van der Waals surface area contributed by atoms with E-state index in [1.807, 2.05) is 59.7 Å². The highest BCUT2D eigenvalue weighted by Gasteiger charge is 2.44.